The van der Waals surface area contributed by atoms with Gasteiger partial charge in [0.05, 0.1) is 22.7 Å². The molecule has 3 nitrogen and oxygen atoms in total. The molecule has 0 fully saturated rings. The summed E-state index contributed by atoms with van der Waals surface area (Å²) in [6.45, 7) is 0.574. The largest absolute Gasteiger partial charge is 0.380 e. The summed E-state index contributed by atoms with van der Waals surface area (Å²) >= 11 is 11.6. The molecule has 1 heterocycles. The van der Waals surface area contributed by atoms with E-state index in [2.05, 4.69) is 11.1 Å². The predicted molar refractivity (Wildman–Crippen MR) is 84.2 cm³/mol. The fraction of sp³-hybridized carbons (Fsp3) is 0.133. The van der Waals surface area contributed by atoms with Crippen molar-refractivity contribution in [3.8, 4) is 5.69 Å². The van der Waals surface area contributed by atoms with Crippen LogP contribution in [0, 0.1) is 4.77 Å². The van der Waals surface area contributed by atoms with E-state index in [0.717, 1.165) is 22.3 Å². The van der Waals surface area contributed by atoms with Gasteiger partial charge in [-0.05, 0) is 42.0 Å². The SMILES string of the molecule is COCc1cccc(-n2c(=S)[nH]c3c(Cl)cccc32)c1. The number of nitrogens with one attached hydrogen (secondary N) is 1. The number of halogens is 1. The molecule has 0 aliphatic carbocycles. The second kappa shape index (κ2) is 5.40. The maximum Gasteiger partial charge on any atom is 0.182 e. The number of ether oxygens (including phenoxy) is 1. The van der Waals surface area contributed by atoms with Crippen molar-refractivity contribution in [2.24, 2.45) is 0 Å². The van der Waals surface area contributed by atoms with Gasteiger partial charge in [-0.1, -0.05) is 29.8 Å². The number of aromatic nitrogens is 2. The summed E-state index contributed by atoms with van der Waals surface area (Å²) in [7, 11) is 1.68. The van der Waals surface area contributed by atoms with Crippen LogP contribution in [0.3, 0.4) is 0 Å². The third-order valence-corrected chi connectivity index (χ3v) is 3.75. The number of fused-ring (bicyclic) bond motifs is 1. The highest BCUT2D eigenvalue weighted by atomic mass is 35.5. The Bertz CT molecular complexity index is 822. The molecule has 102 valence electrons. The Balaban J connectivity index is 2.24. The number of methoxy groups -OCH3 is 1. The smallest absolute Gasteiger partial charge is 0.182 e. The number of rotatable bonds is 3. The van der Waals surface area contributed by atoms with Gasteiger partial charge < -0.3 is 9.72 Å². The molecule has 0 aliphatic heterocycles. The highest BCUT2D eigenvalue weighted by molar-refractivity contribution is 7.71. The lowest BCUT2D eigenvalue weighted by Gasteiger charge is -2.07. The first kappa shape index (κ1) is 13.4. The number of nitrogens with zero attached hydrogens (tertiary/aromatic N) is 1. The molecule has 0 bridgehead atoms. The summed E-state index contributed by atoms with van der Waals surface area (Å²) in [6.07, 6.45) is 0. The van der Waals surface area contributed by atoms with Crippen LogP contribution in [0.15, 0.2) is 42.5 Å². The van der Waals surface area contributed by atoms with Crippen molar-refractivity contribution in [3.63, 3.8) is 0 Å². The summed E-state index contributed by atoms with van der Waals surface area (Å²) in [5.41, 5.74) is 3.93. The Kier molecular flexibility index (Phi) is 3.61. The van der Waals surface area contributed by atoms with Crippen molar-refractivity contribution in [1.82, 2.24) is 9.55 Å². The Hall–Kier alpha value is -1.62. The highest BCUT2D eigenvalue weighted by Gasteiger charge is 2.09. The molecule has 1 N–H and O–H groups in total. The first-order valence-electron chi connectivity index (χ1n) is 6.18. The maximum absolute atomic E-state index is 6.20. The van der Waals surface area contributed by atoms with Gasteiger partial charge in [0.2, 0.25) is 0 Å². The average molecular weight is 305 g/mol. The summed E-state index contributed by atoms with van der Waals surface area (Å²) in [5.74, 6) is 0. The third kappa shape index (κ3) is 2.26. The molecule has 0 amide bonds. The summed E-state index contributed by atoms with van der Waals surface area (Å²) in [5, 5.41) is 0.667. The number of aromatic amines is 1. The molecule has 0 unspecified atom stereocenters. The molecule has 3 aromatic rings. The molecule has 0 saturated carbocycles. The zero-order valence-electron chi connectivity index (χ0n) is 10.9. The number of hydrogen-bond donors (Lipinski definition) is 1. The van der Waals surface area contributed by atoms with Crippen LogP contribution < -0.4 is 0 Å². The molecular formula is C15H13ClN2OS. The zero-order valence-corrected chi connectivity index (χ0v) is 12.5. The van der Waals surface area contributed by atoms with Crippen molar-refractivity contribution in [2.45, 2.75) is 6.61 Å². The van der Waals surface area contributed by atoms with E-state index in [0.29, 0.717) is 16.4 Å². The number of benzene rings is 2. The minimum absolute atomic E-state index is 0.574. The molecule has 20 heavy (non-hydrogen) atoms. The standard InChI is InChI=1S/C15H13ClN2OS/c1-19-9-10-4-2-5-11(8-10)18-13-7-3-6-12(16)14(13)17-15(18)20/h2-8H,9H2,1H3,(H,17,20). The normalized spacial score (nSPS) is 11.1. The van der Waals surface area contributed by atoms with Gasteiger partial charge in [0.1, 0.15) is 0 Å². The lowest BCUT2D eigenvalue weighted by molar-refractivity contribution is 0.185. The van der Waals surface area contributed by atoms with E-state index in [1.165, 1.54) is 0 Å². The molecule has 5 heteroatoms. The van der Waals surface area contributed by atoms with Gasteiger partial charge in [0.25, 0.3) is 0 Å². The van der Waals surface area contributed by atoms with E-state index < -0.39 is 0 Å². The van der Waals surface area contributed by atoms with Gasteiger partial charge in [0.15, 0.2) is 4.77 Å². The van der Waals surface area contributed by atoms with Crippen LogP contribution in [0.5, 0.6) is 0 Å². The number of H-pyrrole nitrogens is 1. The van der Waals surface area contributed by atoms with Crippen LogP contribution in [0.1, 0.15) is 5.56 Å². The highest BCUT2D eigenvalue weighted by Crippen LogP contribution is 2.25. The van der Waals surface area contributed by atoms with E-state index in [1.807, 2.05) is 41.0 Å². The second-order valence-electron chi connectivity index (χ2n) is 4.50. The molecular weight excluding hydrogens is 292 g/mol. The Labute approximate surface area is 126 Å². The van der Waals surface area contributed by atoms with Gasteiger partial charge >= 0.3 is 0 Å². The first-order valence-corrected chi connectivity index (χ1v) is 6.97. The fourth-order valence-electron chi connectivity index (χ4n) is 2.30. The number of hydrogen-bond acceptors (Lipinski definition) is 2. The van der Waals surface area contributed by atoms with Crippen molar-refractivity contribution >= 4 is 34.9 Å². The molecule has 1 aromatic heterocycles. The molecule has 2 aromatic carbocycles. The van der Waals surface area contributed by atoms with Gasteiger partial charge in [0, 0.05) is 12.8 Å². The van der Waals surface area contributed by atoms with Crippen LogP contribution in [-0.2, 0) is 11.3 Å². The summed E-state index contributed by atoms with van der Waals surface area (Å²) < 4.78 is 7.78. The lowest BCUT2D eigenvalue weighted by Crippen LogP contribution is -1.96. The van der Waals surface area contributed by atoms with Gasteiger partial charge in [-0.3, -0.25) is 4.57 Å². The molecule has 0 spiro atoms. The third-order valence-electron chi connectivity index (χ3n) is 3.15. The lowest BCUT2D eigenvalue weighted by atomic mass is 10.2. The van der Waals surface area contributed by atoms with E-state index in [9.17, 15) is 0 Å². The fourth-order valence-corrected chi connectivity index (χ4v) is 2.83. The zero-order chi connectivity index (χ0) is 14.1. The van der Waals surface area contributed by atoms with Crippen LogP contribution in [0.4, 0.5) is 0 Å². The van der Waals surface area contributed by atoms with E-state index >= 15 is 0 Å². The second-order valence-corrected chi connectivity index (χ2v) is 5.30. The van der Waals surface area contributed by atoms with Crippen LogP contribution in [-0.4, -0.2) is 16.7 Å². The van der Waals surface area contributed by atoms with E-state index in [4.69, 9.17) is 28.6 Å². The quantitative estimate of drug-likeness (QED) is 0.723. The Morgan fingerprint density at radius 3 is 2.85 bits per heavy atom. The molecule has 0 radical (unpaired) electrons. The maximum atomic E-state index is 6.20. The molecule has 0 saturated heterocycles. The number of imidazole rings is 1. The summed E-state index contributed by atoms with van der Waals surface area (Å²) in [4.78, 5) is 3.16. The van der Waals surface area contributed by atoms with E-state index in [-0.39, 0.29) is 0 Å². The van der Waals surface area contributed by atoms with Crippen LogP contribution >= 0.6 is 23.8 Å². The topological polar surface area (TPSA) is 29.9 Å². The Morgan fingerprint density at radius 1 is 1.25 bits per heavy atom. The monoisotopic (exact) mass is 304 g/mol. The Morgan fingerprint density at radius 2 is 2.05 bits per heavy atom. The average Bonchev–Trinajstić information content (AvgIpc) is 2.77. The van der Waals surface area contributed by atoms with Gasteiger partial charge in [-0.15, -0.1) is 0 Å². The predicted octanol–water partition coefficient (Wildman–Crippen LogP) is 4.49. The summed E-state index contributed by atoms with van der Waals surface area (Å²) in [6, 6.07) is 13.9. The van der Waals surface area contributed by atoms with Crippen LogP contribution in [0.2, 0.25) is 5.02 Å². The van der Waals surface area contributed by atoms with E-state index in [1.54, 1.807) is 7.11 Å². The molecule has 3 rings (SSSR count). The minimum Gasteiger partial charge on any atom is -0.380 e. The first-order chi connectivity index (χ1) is 9.70. The minimum atomic E-state index is 0.574. The van der Waals surface area contributed by atoms with Crippen molar-refractivity contribution < 1.29 is 4.74 Å². The van der Waals surface area contributed by atoms with Gasteiger partial charge in [-0.2, -0.15) is 0 Å². The van der Waals surface area contributed by atoms with Crippen molar-refractivity contribution in [1.29, 1.82) is 0 Å². The number of para-hydroxylation sites is 1. The van der Waals surface area contributed by atoms with Crippen LogP contribution in [0.25, 0.3) is 16.7 Å². The van der Waals surface area contributed by atoms with Gasteiger partial charge in [-0.25, -0.2) is 0 Å². The molecule has 0 atom stereocenters. The van der Waals surface area contributed by atoms with Crippen molar-refractivity contribution in [2.75, 3.05) is 7.11 Å². The van der Waals surface area contributed by atoms with Crippen molar-refractivity contribution in [3.05, 3.63) is 57.8 Å². The molecule has 0 aliphatic rings.